The summed E-state index contributed by atoms with van der Waals surface area (Å²) in [7, 11) is 0. The first-order valence-corrected chi connectivity index (χ1v) is 8.74. The lowest BCUT2D eigenvalue weighted by Gasteiger charge is -2.36. The first kappa shape index (κ1) is 17.5. The van der Waals surface area contributed by atoms with Gasteiger partial charge in [0.25, 0.3) is 0 Å². The van der Waals surface area contributed by atoms with Crippen molar-refractivity contribution in [2.45, 2.75) is 25.3 Å². The Kier molecular flexibility index (Phi) is 5.72. The van der Waals surface area contributed by atoms with Gasteiger partial charge in [-0.1, -0.05) is 54.6 Å². The Morgan fingerprint density at radius 2 is 1.72 bits per heavy atom. The largest absolute Gasteiger partial charge is 0.365 e. The zero-order valence-electron chi connectivity index (χ0n) is 14.2. The predicted molar refractivity (Wildman–Crippen MR) is 109 cm³/mol. The van der Waals surface area contributed by atoms with Crippen molar-refractivity contribution in [2.24, 2.45) is 0 Å². The molecule has 128 valence electrons. The predicted octanol–water partition coefficient (Wildman–Crippen LogP) is 5.73. The fourth-order valence-electron chi connectivity index (χ4n) is 3.62. The number of hydrogen-bond donors (Lipinski definition) is 0. The van der Waals surface area contributed by atoms with Crippen LogP contribution in [0.5, 0.6) is 0 Å². The molecule has 1 atom stereocenters. The van der Waals surface area contributed by atoms with Crippen molar-refractivity contribution in [3.05, 3.63) is 78.6 Å². The van der Waals surface area contributed by atoms with Gasteiger partial charge in [-0.25, -0.2) is 0 Å². The molecule has 0 spiro atoms. The molecule has 0 aliphatic carbocycles. The summed E-state index contributed by atoms with van der Waals surface area (Å²) >= 11 is 0. The molecule has 3 heteroatoms. The number of anilines is 1. The molecule has 2 heterocycles. The lowest BCUT2D eigenvalue weighted by Crippen LogP contribution is -2.38. The highest BCUT2D eigenvalue weighted by Gasteiger charge is 2.20. The van der Waals surface area contributed by atoms with Crippen LogP contribution in [0, 0.1) is 0 Å². The van der Waals surface area contributed by atoms with Gasteiger partial charge in [-0.3, -0.25) is 4.98 Å². The second-order valence-corrected chi connectivity index (χ2v) is 6.39. The van der Waals surface area contributed by atoms with Gasteiger partial charge in [-0.15, -0.1) is 12.4 Å². The number of pyridine rings is 1. The van der Waals surface area contributed by atoms with Crippen LogP contribution in [-0.2, 0) is 0 Å². The van der Waals surface area contributed by atoms with Crippen LogP contribution in [-0.4, -0.2) is 17.6 Å². The SMILES string of the molecule is C(=CC1CCCCN1c1ccncc1)c1cccc2ccccc12.Cl. The van der Waals surface area contributed by atoms with E-state index in [9.17, 15) is 0 Å². The topological polar surface area (TPSA) is 16.1 Å². The number of nitrogens with zero attached hydrogens (tertiary/aromatic N) is 2. The zero-order valence-corrected chi connectivity index (χ0v) is 15.0. The zero-order chi connectivity index (χ0) is 16.2. The van der Waals surface area contributed by atoms with E-state index in [1.807, 2.05) is 12.4 Å². The maximum Gasteiger partial charge on any atom is 0.0476 e. The van der Waals surface area contributed by atoms with Crippen LogP contribution in [0.4, 0.5) is 5.69 Å². The molecule has 0 radical (unpaired) electrons. The van der Waals surface area contributed by atoms with Crippen molar-refractivity contribution in [3.63, 3.8) is 0 Å². The van der Waals surface area contributed by atoms with Crippen LogP contribution in [0.15, 0.2) is 73.1 Å². The standard InChI is InChI=1S/C22H22N2.ClH/c1-2-10-22-18(6-1)7-5-8-19(22)11-12-20-9-3-4-17-24(20)21-13-15-23-16-14-21;/h1-2,5-8,10-16,20H,3-4,9,17H2;1H. The summed E-state index contributed by atoms with van der Waals surface area (Å²) in [5, 5.41) is 2.62. The monoisotopic (exact) mass is 350 g/mol. The fourth-order valence-corrected chi connectivity index (χ4v) is 3.62. The molecule has 1 aliphatic rings. The second kappa shape index (κ2) is 8.17. The van der Waals surface area contributed by atoms with Gasteiger partial charge < -0.3 is 4.90 Å². The Hall–Kier alpha value is -2.32. The minimum atomic E-state index is 0. The molecular formula is C22H23ClN2. The Morgan fingerprint density at radius 3 is 2.60 bits per heavy atom. The van der Waals surface area contributed by atoms with Crippen LogP contribution < -0.4 is 4.90 Å². The van der Waals surface area contributed by atoms with E-state index in [4.69, 9.17) is 0 Å². The van der Waals surface area contributed by atoms with Gasteiger partial charge in [0, 0.05) is 30.7 Å². The van der Waals surface area contributed by atoms with E-state index in [2.05, 4.69) is 76.6 Å². The summed E-state index contributed by atoms with van der Waals surface area (Å²) in [6.07, 6.45) is 12.2. The molecule has 1 aromatic heterocycles. The minimum Gasteiger partial charge on any atom is -0.365 e. The Morgan fingerprint density at radius 1 is 0.920 bits per heavy atom. The lowest BCUT2D eigenvalue weighted by molar-refractivity contribution is 0.515. The van der Waals surface area contributed by atoms with Gasteiger partial charge >= 0.3 is 0 Å². The third-order valence-electron chi connectivity index (χ3n) is 4.86. The van der Waals surface area contributed by atoms with Crippen molar-refractivity contribution < 1.29 is 0 Å². The van der Waals surface area contributed by atoms with Crippen LogP contribution in [0.3, 0.4) is 0 Å². The molecule has 0 amide bonds. The summed E-state index contributed by atoms with van der Waals surface area (Å²) < 4.78 is 0. The number of halogens is 1. The summed E-state index contributed by atoms with van der Waals surface area (Å²) in [6, 6.07) is 19.8. The number of aromatic nitrogens is 1. The molecule has 0 saturated carbocycles. The summed E-state index contributed by atoms with van der Waals surface area (Å²) in [6.45, 7) is 1.12. The molecule has 3 aromatic rings. The first-order chi connectivity index (χ1) is 11.9. The Bertz CT molecular complexity index is 840. The minimum absolute atomic E-state index is 0. The number of fused-ring (bicyclic) bond motifs is 1. The van der Waals surface area contributed by atoms with E-state index in [0.29, 0.717) is 6.04 Å². The molecule has 2 nitrogen and oxygen atoms in total. The van der Waals surface area contributed by atoms with Crippen molar-refractivity contribution in [1.82, 2.24) is 4.98 Å². The van der Waals surface area contributed by atoms with E-state index in [1.165, 1.54) is 41.3 Å². The number of benzene rings is 2. The molecule has 1 unspecified atom stereocenters. The molecule has 1 saturated heterocycles. The van der Waals surface area contributed by atoms with Crippen LogP contribution >= 0.6 is 12.4 Å². The van der Waals surface area contributed by atoms with E-state index < -0.39 is 0 Å². The van der Waals surface area contributed by atoms with Crippen LogP contribution in [0.1, 0.15) is 24.8 Å². The second-order valence-electron chi connectivity index (χ2n) is 6.39. The fraction of sp³-hybridized carbons (Fsp3) is 0.227. The molecular weight excluding hydrogens is 328 g/mol. The summed E-state index contributed by atoms with van der Waals surface area (Å²) in [5.41, 5.74) is 2.57. The van der Waals surface area contributed by atoms with Gasteiger partial charge in [0.15, 0.2) is 0 Å². The van der Waals surface area contributed by atoms with Crippen molar-refractivity contribution >= 4 is 34.9 Å². The Labute approximate surface area is 155 Å². The van der Waals surface area contributed by atoms with Crippen molar-refractivity contribution in [3.8, 4) is 0 Å². The maximum absolute atomic E-state index is 4.15. The molecule has 4 rings (SSSR count). The van der Waals surface area contributed by atoms with Gasteiger partial charge in [-0.2, -0.15) is 0 Å². The smallest absolute Gasteiger partial charge is 0.0476 e. The van der Waals surface area contributed by atoms with Gasteiger partial charge in [0.2, 0.25) is 0 Å². The van der Waals surface area contributed by atoms with E-state index in [-0.39, 0.29) is 12.4 Å². The molecule has 1 aliphatic heterocycles. The van der Waals surface area contributed by atoms with Gasteiger partial charge in [-0.05, 0) is 47.7 Å². The Balaban J connectivity index is 0.00000182. The third-order valence-corrected chi connectivity index (χ3v) is 4.86. The molecule has 25 heavy (non-hydrogen) atoms. The maximum atomic E-state index is 4.15. The van der Waals surface area contributed by atoms with E-state index in [1.54, 1.807) is 0 Å². The molecule has 2 aromatic carbocycles. The molecule has 1 fully saturated rings. The number of rotatable bonds is 3. The molecule has 0 bridgehead atoms. The highest BCUT2D eigenvalue weighted by molar-refractivity contribution is 5.90. The highest BCUT2D eigenvalue weighted by Crippen LogP contribution is 2.26. The van der Waals surface area contributed by atoms with E-state index >= 15 is 0 Å². The third kappa shape index (κ3) is 3.85. The van der Waals surface area contributed by atoms with Gasteiger partial charge in [0.1, 0.15) is 0 Å². The van der Waals surface area contributed by atoms with E-state index in [0.717, 1.165) is 6.54 Å². The summed E-state index contributed by atoms with van der Waals surface area (Å²) in [4.78, 5) is 6.66. The van der Waals surface area contributed by atoms with Crippen molar-refractivity contribution in [1.29, 1.82) is 0 Å². The first-order valence-electron chi connectivity index (χ1n) is 8.74. The van der Waals surface area contributed by atoms with Gasteiger partial charge in [0.05, 0.1) is 0 Å². The average Bonchev–Trinajstić information content (AvgIpc) is 2.67. The highest BCUT2D eigenvalue weighted by atomic mass is 35.5. The normalized spacial score (nSPS) is 17.6. The number of hydrogen-bond acceptors (Lipinski definition) is 2. The van der Waals surface area contributed by atoms with Crippen LogP contribution in [0.25, 0.3) is 16.8 Å². The molecule has 0 N–H and O–H groups in total. The quantitative estimate of drug-likeness (QED) is 0.599. The van der Waals surface area contributed by atoms with Crippen molar-refractivity contribution in [2.75, 3.05) is 11.4 Å². The lowest BCUT2D eigenvalue weighted by atomic mass is 9.98. The summed E-state index contributed by atoms with van der Waals surface area (Å²) in [5.74, 6) is 0. The van der Waals surface area contributed by atoms with Crippen LogP contribution in [0.2, 0.25) is 0 Å². The number of piperidine rings is 1. The average molecular weight is 351 g/mol.